The second kappa shape index (κ2) is 6.63. The monoisotopic (exact) mass is 381 g/mol. The van der Waals surface area contributed by atoms with Crippen molar-refractivity contribution >= 4 is 34.1 Å². The number of aliphatic hydroxyl groups is 1. The lowest BCUT2D eigenvalue weighted by Gasteiger charge is -2.43. The van der Waals surface area contributed by atoms with Crippen molar-refractivity contribution in [1.82, 2.24) is 14.9 Å². The predicted octanol–water partition coefficient (Wildman–Crippen LogP) is 3.27. The standard InChI is InChI=1S/C18H21Cl2N3O2/c1-18(10-25-9-16(18)24)23-4-2-11(3-5-23)13-7-15-12(6-14(13)19)8-21-17(20)22-15/h6-8,11,16,24H,2-5,9-10H2,1H3/t16-,18+/m0/s1. The van der Waals surface area contributed by atoms with Crippen LogP contribution in [0.4, 0.5) is 0 Å². The summed E-state index contributed by atoms with van der Waals surface area (Å²) < 4.78 is 5.48. The Bertz CT molecular complexity index is 795. The van der Waals surface area contributed by atoms with E-state index >= 15 is 0 Å². The van der Waals surface area contributed by atoms with E-state index in [1.165, 1.54) is 0 Å². The minimum Gasteiger partial charge on any atom is -0.389 e. The number of likely N-dealkylation sites (tertiary alicyclic amines) is 1. The Balaban J connectivity index is 1.54. The summed E-state index contributed by atoms with van der Waals surface area (Å²) in [6.07, 6.45) is 3.26. The van der Waals surface area contributed by atoms with E-state index in [-0.39, 0.29) is 10.8 Å². The molecule has 0 radical (unpaired) electrons. The maximum atomic E-state index is 10.3. The van der Waals surface area contributed by atoms with Crippen LogP contribution in [0.5, 0.6) is 0 Å². The van der Waals surface area contributed by atoms with E-state index in [4.69, 9.17) is 27.9 Å². The molecular formula is C18H21Cl2N3O2. The molecule has 1 aromatic carbocycles. The van der Waals surface area contributed by atoms with E-state index in [0.717, 1.165) is 47.4 Å². The molecule has 2 atom stereocenters. The molecule has 2 aromatic rings. The highest BCUT2D eigenvalue weighted by atomic mass is 35.5. The number of halogens is 2. The maximum absolute atomic E-state index is 10.3. The third kappa shape index (κ3) is 3.13. The van der Waals surface area contributed by atoms with Crippen molar-refractivity contribution in [2.75, 3.05) is 26.3 Å². The van der Waals surface area contributed by atoms with Crippen molar-refractivity contribution in [3.8, 4) is 0 Å². The van der Waals surface area contributed by atoms with Crippen LogP contribution in [0.25, 0.3) is 10.9 Å². The average Bonchev–Trinajstić information content (AvgIpc) is 2.95. The van der Waals surface area contributed by atoms with Gasteiger partial charge in [-0.15, -0.1) is 0 Å². The first-order valence-electron chi connectivity index (χ1n) is 8.60. The minimum atomic E-state index is -0.424. The van der Waals surface area contributed by atoms with Gasteiger partial charge in [-0.1, -0.05) is 11.6 Å². The Morgan fingerprint density at radius 3 is 2.72 bits per heavy atom. The van der Waals surface area contributed by atoms with E-state index < -0.39 is 6.10 Å². The molecule has 4 rings (SSSR count). The molecule has 134 valence electrons. The van der Waals surface area contributed by atoms with E-state index in [1.807, 2.05) is 12.1 Å². The van der Waals surface area contributed by atoms with Gasteiger partial charge in [-0.25, -0.2) is 9.97 Å². The molecule has 0 unspecified atom stereocenters. The van der Waals surface area contributed by atoms with E-state index in [1.54, 1.807) is 6.20 Å². The zero-order valence-corrected chi connectivity index (χ0v) is 15.6. The molecule has 3 heterocycles. The summed E-state index contributed by atoms with van der Waals surface area (Å²) in [6, 6.07) is 3.96. The fourth-order valence-corrected chi connectivity index (χ4v) is 4.48. The number of ether oxygens (including phenoxy) is 1. The smallest absolute Gasteiger partial charge is 0.222 e. The van der Waals surface area contributed by atoms with Gasteiger partial charge < -0.3 is 9.84 Å². The molecule has 0 amide bonds. The van der Waals surface area contributed by atoms with Crippen molar-refractivity contribution < 1.29 is 9.84 Å². The molecule has 2 aliphatic rings. The summed E-state index contributed by atoms with van der Waals surface area (Å²) in [5, 5.41) is 12.2. The van der Waals surface area contributed by atoms with Gasteiger partial charge in [0.1, 0.15) is 0 Å². The van der Waals surface area contributed by atoms with Gasteiger partial charge >= 0.3 is 0 Å². The van der Waals surface area contributed by atoms with Gasteiger partial charge in [0.05, 0.1) is 30.4 Å². The molecule has 2 fully saturated rings. The van der Waals surface area contributed by atoms with E-state index in [2.05, 4.69) is 21.8 Å². The summed E-state index contributed by atoms with van der Waals surface area (Å²) in [5.74, 6) is 0.380. The van der Waals surface area contributed by atoms with Crippen LogP contribution < -0.4 is 0 Å². The van der Waals surface area contributed by atoms with Crippen LogP contribution in [0.3, 0.4) is 0 Å². The van der Waals surface area contributed by atoms with Crippen molar-refractivity contribution in [3.63, 3.8) is 0 Å². The number of benzene rings is 1. The van der Waals surface area contributed by atoms with Gasteiger partial charge in [0.25, 0.3) is 0 Å². The molecule has 5 nitrogen and oxygen atoms in total. The molecular weight excluding hydrogens is 361 g/mol. The first-order chi connectivity index (χ1) is 12.0. The minimum absolute atomic E-state index is 0.249. The molecule has 0 saturated carbocycles. The first kappa shape index (κ1) is 17.4. The third-order valence-electron chi connectivity index (χ3n) is 5.71. The van der Waals surface area contributed by atoms with Gasteiger partial charge in [0.2, 0.25) is 5.28 Å². The van der Waals surface area contributed by atoms with E-state index in [9.17, 15) is 5.11 Å². The average molecular weight is 382 g/mol. The number of aliphatic hydroxyl groups excluding tert-OH is 1. The molecule has 7 heteroatoms. The number of rotatable bonds is 2. The predicted molar refractivity (Wildman–Crippen MR) is 98.3 cm³/mol. The quantitative estimate of drug-likeness (QED) is 0.808. The van der Waals surface area contributed by atoms with Crippen LogP contribution in [0.15, 0.2) is 18.3 Å². The lowest BCUT2D eigenvalue weighted by atomic mass is 9.85. The van der Waals surface area contributed by atoms with Crippen molar-refractivity contribution in [3.05, 3.63) is 34.2 Å². The van der Waals surface area contributed by atoms with Crippen LogP contribution in [0.2, 0.25) is 10.3 Å². The topological polar surface area (TPSA) is 58.5 Å². The van der Waals surface area contributed by atoms with Gasteiger partial charge in [0, 0.05) is 16.6 Å². The Kier molecular flexibility index (Phi) is 4.63. The Labute approximate surface area is 156 Å². The fourth-order valence-electron chi connectivity index (χ4n) is 4.01. The van der Waals surface area contributed by atoms with Crippen LogP contribution in [-0.4, -0.2) is 57.9 Å². The summed E-state index contributed by atoms with van der Waals surface area (Å²) >= 11 is 12.4. The highest BCUT2D eigenvalue weighted by Crippen LogP contribution is 2.38. The number of fused-ring (bicyclic) bond motifs is 1. The van der Waals surface area contributed by atoms with Crippen molar-refractivity contribution in [1.29, 1.82) is 0 Å². The number of piperidine rings is 1. The SMILES string of the molecule is C[C@@]1(N2CCC(c3cc4nc(Cl)ncc4cc3Cl)CC2)COC[C@@H]1O. The number of hydrogen-bond donors (Lipinski definition) is 1. The molecule has 1 N–H and O–H groups in total. The number of hydrogen-bond acceptors (Lipinski definition) is 5. The first-order valence-corrected chi connectivity index (χ1v) is 9.35. The van der Waals surface area contributed by atoms with Gasteiger partial charge in [-0.2, -0.15) is 0 Å². The molecule has 2 aliphatic heterocycles. The van der Waals surface area contributed by atoms with Gasteiger partial charge in [-0.05, 0) is 68.1 Å². The van der Waals surface area contributed by atoms with Crippen LogP contribution >= 0.6 is 23.2 Å². The molecule has 0 aliphatic carbocycles. The Morgan fingerprint density at radius 2 is 2.04 bits per heavy atom. The maximum Gasteiger partial charge on any atom is 0.222 e. The van der Waals surface area contributed by atoms with Crippen molar-refractivity contribution in [2.45, 2.75) is 37.3 Å². The summed E-state index contributed by atoms with van der Waals surface area (Å²) in [7, 11) is 0. The molecule has 1 aromatic heterocycles. The highest BCUT2D eigenvalue weighted by Gasteiger charge is 2.44. The lowest BCUT2D eigenvalue weighted by Crippen LogP contribution is -2.56. The van der Waals surface area contributed by atoms with E-state index in [0.29, 0.717) is 19.1 Å². The summed E-state index contributed by atoms with van der Waals surface area (Å²) in [4.78, 5) is 10.7. The Morgan fingerprint density at radius 1 is 1.28 bits per heavy atom. The van der Waals surface area contributed by atoms with Crippen LogP contribution in [0.1, 0.15) is 31.2 Å². The second-order valence-electron chi connectivity index (χ2n) is 7.22. The normalized spacial score (nSPS) is 28.7. The largest absolute Gasteiger partial charge is 0.389 e. The van der Waals surface area contributed by atoms with Crippen LogP contribution in [-0.2, 0) is 4.74 Å². The lowest BCUT2D eigenvalue weighted by molar-refractivity contribution is -0.00211. The summed E-state index contributed by atoms with van der Waals surface area (Å²) in [5.41, 5.74) is 1.67. The Hall–Kier alpha value is -0.980. The fraction of sp³-hybridized carbons (Fsp3) is 0.556. The molecule has 2 saturated heterocycles. The molecule has 0 bridgehead atoms. The zero-order valence-electron chi connectivity index (χ0n) is 14.1. The summed E-state index contributed by atoms with van der Waals surface area (Å²) in [6.45, 7) is 4.94. The second-order valence-corrected chi connectivity index (χ2v) is 7.97. The zero-order chi connectivity index (χ0) is 17.6. The molecule has 0 spiro atoms. The van der Waals surface area contributed by atoms with Crippen molar-refractivity contribution in [2.24, 2.45) is 0 Å². The highest BCUT2D eigenvalue weighted by molar-refractivity contribution is 6.32. The van der Waals surface area contributed by atoms with Crippen LogP contribution in [0, 0.1) is 0 Å². The number of nitrogens with zero attached hydrogens (tertiary/aromatic N) is 3. The van der Waals surface area contributed by atoms with Gasteiger partial charge in [-0.3, -0.25) is 4.90 Å². The molecule has 25 heavy (non-hydrogen) atoms. The van der Waals surface area contributed by atoms with Gasteiger partial charge in [0.15, 0.2) is 0 Å². The third-order valence-corrected chi connectivity index (χ3v) is 6.22. The number of aromatic nitrogens is 2.